The Labute approximate surface area is 279 Å². The Kier molecular flexibility index (Phi) is 8.96. The molecule has 0 spiro atoms. The molecule has 3 aromatic rings. The highest BCUT2D eigenvalue weighted by Gasteiger charge is 2.46. The van der Waals surface area contributed by atoms with Crippen LogP contribution in [0.1, 0.15) is 57.6 Å². The Morgan fingerprint density at radius 1 is 1.19 bits per heavy atom. The summed E-state index contributed by atoms with van der Waals surface area (Å²) < 4.78 is 53.4. The Morgan fingerprint density at radius 2 is 1.96 bits per heavy atom. The van der Waals surface area contributed by atoms with Gasteiger partial charge in [-0.15, -0.1) is 5.10 Å². The van der Waals surface area contributed by atoms with E-state index in [4.69, 9.17) is 21.1 Å². The van der Waals surface area contributed by atoms with E-state index in [0.717, 1.165) is 23.8 Å². The first-order valence-electron chi connectivity index (χ1n) is 15.9. The molecule has 12 nitrogen and oxygen atoms in total. The van der Waals surface area contributed by atoms with Gasteiger partial charge in [0.05, 0.1) is 35.2 Å². The smallest absolute Gasteiger partial charge is 0.416 e. The fourth-order valence-electron chi connectivity index (χ4n) is 6.50. The van der Waals surface area contributed by atoms with Gasteiger partial charge in [0.15, 0.2) is 5.82 Å². The summed E-state index contributed by atoms with van der Waals surface area (Å²) in [6.07, 6.45) is -1.57. The maximum atomic E-state index is 14.2. The van der Waals surface area contributed by atoms with Gasteiger partial charge in [0.1, 0.15) is 17.8 Å². The van der Waals surface area contributed by atoms with Crippen LogP contribution in [-0.2, 0) is 33.4 Å². The van der Waals surface area contributed by atoms with Gasteiger partial charge in [0, 0.05) is 31.6 Å². The van der Waals surface area contributed by atoms with E-state index in [-0.39, 0.29) is 46.6 Å². The Morgan fingerprint density at radius 3 is 2.58 bits per heavy atom. The van der Waals surface area contributed by atoms with E-state index in [1.165, 1.54) is 4.52 Å². The first-order chi connectivity index (χ1) is 22.6. The van der Waals surface area contributed by atoms with Crippen LogP contribution in [0.15, 0.2) is 29.1 Å². The normalized spacial score (nSPS) is 19.9. The van der Waals surface area contributed by atoms with Crippen molar-refractivity contribution in [1.29, 1.82) is 0 Å². The quantitative estimate of drug-likeness (QED) is 0.383. The molecule has 2 unspecified atom stereocenters. The number of nitrogens with zero attached hydrogens (tertiary/aromatic N) is 6. The van der Waals surface area contributed by atoms with E-state index in [1.54, 1.807) is 9.47 Å². The van der Waals surface area contributed by atoms with Crippen LogP contribution in [0.5, 0.6) is 0 Å². The molecule has 2 saturated heterocycles. The van der Waals surface area contributed by atoms with Gasteiger partial charge in [-0.3, -0.25) is 9.59 Å². The minimum Gasteiger partial charge on any atom is -0.444 e. The van der Waals surface area contributed by atoms with Crippen LogP contribution in [0.3, 0.4) is 0 Å². The second-order valence-electron chi connectivity index (χ2n) is 13.2. The van der Waals surface area contributed by atoms with Crippen LogP contribution in [0.4, 0.5) is 29.3 Å². The third-order valence-corrected chi connectivity index (χ3v) is 9.06. The van der Waals surface area contributed by atoms with Crippen LogP contribution in [0.2, 0.25) is 5.02 Å². The van der Waals surface area contributed by atoms with Crippen LogP contribution < -0.4 is 15.8 Å². The molecule has 0 aliphatic carbocycles. The van der Waals surface area contributed by atoms with Crippen molar-refractivity contribution in [3.63, 3.8) is 0 Å². The van der Waals surface area contributed by atoms with Gasteiger partial charge in [-0.1, -0.05) is 24.6 Å². The maximum absolute atomic E-state index is 14.2. The second-order valence-corrected chi connectivity index (χ2v) is 13.6. The number of carbonyl (C=O) groups excluding carboxylic acids is 2. The van der Waals surface area contributed by atoms with E-state index in [1.807, 2.05) is 38.7 Å². The lowest BCUT2D eigenvalue weighted by Crippen LogP contribution is -2.65. The third-order valence-electron chi connectivity index (χ3n) is 8.75. The van der Waals surface area contributed by atoms with Gasteiger partial charge >= 0.3 is 12.3 Å². The van der Waals surface area contributed by atoms with E-state index in [9.17, 15) is 27.6 Å². The minimum atomic E-state index is -4.59. The molecule has 2 aromatic heterocycles. The molecule has 0 bridgehead atoms. The van der Waals surface area contributed by atoms with E-state index in [0.29, 0.717) is 69.3 Å². The molecule has 258 valence electrons. The van der Waals surface area contributed by atoms with Gasteiger partial charge in [0.25, 0.3) is 5.56 Å². The third kappa shape index (κ3) is 6.62. The van der Waals surface area contributed by atoms with Crippen molar-refractivity contribution < 1.29 is 32.2 Å². The molecule has 5 heterocycles. The van der Waals surface area contributed by atoms with Crippen LogP contribution in [-0.4, -0.2) is 80.6 Å². The van der Waals surface area contributed by atoms with E-state index in [2.05, 4.69) is 15.4 Å². The highest BCUT2D eigenvalue weighted by atomic mass is 35.5. The molecule has 2 atom stereocenters. The number of likely N-dealkylation sites (tertiary alicyclic amines) is 1. The SMILES string of the molecule is CCc1c(N2CC3CN(C(=O)OC(C)(C)C)CCC32)c(=O)n2nc(C3=CCOCC3)nc2n1CC(=O)Nc1ccc(C(F)(F)F)cc1Cl. The number of halogens is 4. The summed E-state index contributed by atoms with van der Waals surface area (Å²) in [5, 5.41) is 6.92. The van der Waals surface area contributed by atoms with Gasteiger partial charge in [0.2, 0.25) is 11.7 Å². The predicted molar refractivity (Wildman–Crippen MR) is 172 cm³/mol. The number of fused-ring (bicyclic) bond motifs is 2. The number of hydrogen-bond donors (Lipinski definition) is 1. The van der Waals surface area contributed by atoms with Crippen molar-refractivity contribution in [1.82, 2.24) is 24.1 Å². The lowest BCUT2D eigenvalue weighted by atomic mass is 9.82. The lowest BCUT2D eigenvalue weighted by Gasteiger charge is -2.54. The number of nitrogens with one attached hydrogen (secondary N) is 1. The molecule has 0 saturated carbocycles. The van der Waals surface area contributed by atoms with Crippen molar-refractivity contribution in [3.05, 3.63) is 56.7 Å². The molecule has 6 rings (SSSR count). The fourth-order valence-corrected chi connectivity index (χ4v) is 6.73. The number of alkyl halides is 3. The largest absolute Gasteiger partial charge is 0.444 e. The van der Waals surface area contributed by atoms with Crippen molar-refractivity contribution in [2.75, 3.05) is 43.1 Å². The minimum absolute atomic E-state index is 0.0156. The Balaban J connectivity index is 1.34. The summed E-state index contributed by atoms with van der Waals surface area (Å²) in [5.74, 6) is 0.0448. The van der Waals surface area contributed by atoms with Gasteiger partial charge in [-0.25, -0.2) is 4.79 Å². The number of hydrogen-bond acceptors (Lipinski definition) is 8. The van der Waals surface area contributed by atoms with E-state index < -0.39 is 23.2 Å². The average Bonchev–Trinajstić information content (AvgIpc) is 3.46. The molecule has 0 radical (unpaired) electrons. The Hall–Kier alpha value is -4.11. The molecular weight excluding hydrogens is 655 g/mol. The van der Waals surface area contributed by atoms with Crippen molar-refractivity contribution in [2.45, 2.75) is 71.3 Å². The number of aromatic nitrogens is 4. The molecule has 2 fully saturated rings. The zero-order valence-electron chi connectivity index (χ0n) is 27.1. The second kappa shape index (κ2) is 12.7. The number of amides is 2. The van der Waals surface area contributed by atoms with Crippen molar-refractivity contribution in [3.8, 4) is 0 Å². The number of piperidine rings is 1. The molecule has 3 aliphatic rings. The first-order valence-corrected chi connectivity index (χ1v) is 16.2. The molecular formula is C32H37ClF3N7O5. The van der Waals surface area contributed by atoms with Crippen LogP contribution >= 0.6 is 11.6 Å². The van der Waals surface area contributed by atoms with Gasteiger partial charge in [-0.2, -0.15) is 22.7 Å². The number of rotatable bonds is 6. The standard InChI is InChI=1S/C32H37ClF3N7O5/c1-5-23-26(41-16-19-15-40(11-8-24(19)41)30(46)48-31(2,3)4)28(45)43-29(38-27(39-43)18-9-12-47-13-10-18)42(23)17-25(44)37-22-7-6-20(14-21(22)33)32(34,35)36/h6-7,9,14,19,24H,5,8,10-13,15-17H2,1-4H3,(H,37,44). The number of benzene rings is 1. The topological polar surface area (TPSA) is 123 Å². The highest BCUT2D eigenvalue weighted by molar-refractivity contribution is 6.33. The number of ether oxygens (including phenoxy) is 2. The molecule has 1 aromatic carbocycles. The molecule has 48 heavy (non-hydrogen) atoms. The van der Waals surface area contributed by atoms with Crippen LogP contribution in [0.25, 0.3) is 11.4 Å². The lowest BCUT2D eigenvalue weighted by molar-refractivity contribution is -0.137. The monoisotopic (exact) mass is 691 g/mol. The summed E-state index contributed by atoms with van der Waals surface area (Å²) in [6.45, 7) is 9.35. The molecule has 2 amide bonds. The zero-order valence-corrected chi connectivity index (χ0v) is 27.8. The highest BCUT2D eigenvalue weighted by Crippen LogP contribution is 2.38. The van der Waals surface area contributed by atoms with Gasteiger partial charge < -0.3 is 29.2 Å². The maximum Gasteiger partial charge on any atom is 0.416 e. The average molecular weight is 692 g/mol. The van der Waals surface area contributed by atoms with Crippen molar-refractivity contribution in [2.24, 2.45) is 5.92 Å². The summed E-state index contributed by atoms with van der Waals surface area (Å²) in [4.78, 5) is 48.8. The fraction of sp³-hybridized carbons (Fsp3) is 0.531. The van der Waals surface area contributed by atoms with Crippen molar-refractivity contribution >= 4 is 46.3 Å². The Bertz CT molecular complexity index is 1850. The summed E-state index contributed by atoms with van der Waals surface area (Å²) >= 11 is 6.12. The molecule has 3 aliphatic heterocycles. The predicted octanol–water partition coefficient (Wildman–Crippen LogP) is 5.01. The van der Waals surface area contributed by atoms with Crippen LogP contribution in [0, 0.1) is 5.92 Å². The van der Waals surface area contributed by atoms with E-state index >= 15 is 0 Å². The molecule has 1 N–H and O–H groups in total. The summed E-state index contributed by atoms with van der Waals surface area (Å²) in [5.41, 5.74) is -0.129. The molecule has 16 heteroatoms. The summed E-state index contributed by atoms with van der Waals surface area (Å²) in [7, 11) is 0. The number of carbonyl (C=O) groups is 2. The van der Waals surface area contributed by atoms with Gasteiger partial charge in [-0.05, 0) is 63.8 Å². The summed E-state index contributed by atoms with van der Waals surface area (Å²) in [6, 6.07) is 2.68. The first kappa shape index (κ1) is 33.8. The zero-order chi connectivity index (χ0) is 34.5. The number of anilines is 2.